The van der Waals surface area contributed by atoms with Crippen LogP contribution in [0.2, 0.25) is 0 Å². The summed E-state index contributed by atoms with van der Waals surface area (Å²) < 4.78 is 35.8. The maximum absolute atomic E-state index is 11.9. The SMILES string of the molecule is N#CC1N=C(C(F)(F)F)[N-]C1C#N.[Li+]. The second kappa shape index (κ2) is 4.37. The molecule has 0 aromatic carbocycles. The maximum Gasteiger partial charge on any atom is 1.00 e. The van der Waals surface area contributed by atoms with Crippen molar-refractivity contribution in [3.05, 3.63) is 5.32 Å². The second-order valence-electron chi connectivity index (χ2n) is 2.23. The Morgan fingerprint density at radius 3 is 2.14 bits per heavy atom. The molecular weight excluding hydrogens is 192 g/mol. The summed E-state index contributed by atoms with van der Waals surface area (Å²) in [6, 6.07) is 0.263. The molecule has 0 aromatic heterocycles. The third-order valence-corrected chi connectivity index (χ3v) is 1.34. The Kier molecular flexibility index (Phi) is 4.01. The molecule has 0 aromatic rings. The van der Waals surface area contributed by atoms with Crippen molar-refractivity contribution in [2.75, 3.05) is 0 Å². The van der Waals surface area contributed by atoms with E-state index in [9.17, 15) is 13.2 Å². The van der Waals surface area contributed by atoms with Gasteiger partial charge in [-0.1, -0.05) is 0 Å². The van der Waals surface area contributed by atoms with E-state index in [2.05, 4.69) is 10.3 Å². The van der Waals surface area contributed by atoms with Crippen molar-refractivity contribution < 1.29 is 32.0 Å². The van der Waals surface area contributed by atoms with Gasteiger partial charge in [0.15, 0.2) is 0 Å². The number of rotatable bonds is 0. The van der Waals surface area contributed by atoms with Crippen LogP contribution < -0.4 is 18.9 Å². The van der Waals surface area contributed by atoms with Crippen LogP contribution in [0.15, 0.2) is 4.99 Å². The topological polar surface area (TPSA) is 74.0 Å². The zero-order valence-corrected chi connectivity index (χ0v) is 7.08. The van der Waals surface area contributed by atoms with Crippen molar-refractivity contribution in [2.24, 2.45) is 4.99 Å². The van der Waals surface area contributed by atoms with E-state index in [1.165, 1.54) is 12.1 Å². The van der Waals surface area contributed by atoms with Crippen LogP contribution in [0, 0.1) is 22.7 Å². The number of nitrogens with zero attached hydrogens (tertiary/aromatic N) is 4. The van der Waals surface area contributed by atoms with E-state index in [1.54, 1.807) is 0 Å². The van der Waals surface area contributed by atoms with Crippen molar-refractivity contribution in [3.63, 3.8) is 0 Å². The summed E-state index contributed by atoms with van der Waals surface area (Å²) in [7, 11) is 0. The van der Waals surface area contributed by atoms with Crippen LogP contribution in [-0.2, 0) is 0 Å². The third kappa shape index (κ3) is 2.42. The van der Waals surface area contributed by atoms with E-state index in [0.29, 0.717) is 0 Å². The minimum atomic E-state index is -4.68. The summed E-state index contributed by atoms with van der Waals surface area (Å²) in [6.45, 7) is 0. The molecular formula is C6H2F3LiN4. The molecule has 0 saturated carbocycles. The first kappa shape index (κ1) is 12.8. The van der Waals surface area contributed by atoms with Gasteiger partial charge in [-0.05, 0) is 0 Å². The molecule has 1 rings (SSSR count). The number of alkyl halides is 3. The molecule has 2 unspecified atom stereocenters. The van der Waals surface area contributed by atoms with Crippen molar-refractivity contribution in [2.45, 2.75) is 18.3 Å². The Morgan fingerprint density at radius 1 is 1.29 bits per heavy atom. The molecule has 1 aliphatic rings. The van der Waals surface area contributed by atoms with Crippen molar-refractivity contribution in [1.82, 2.24) is 0 Å². The maximum atomic E-state index is 11.9. The standard InChI is InChI=1S/C6H2F3N4.Li/c7-6(8,9)5-12-3(1-10)4(2-11)13-5;/h3-4H;/q-1;+1. The fourth-order valence-corrected chi connectivity index (χ4v) is 0.783. The first-order valence-corrected chi connectivity index (χ1v) is 3.14. The molecule has 8 heteroatoms. The van der Waals surface area contributed by atoms with Gasteiger partial charge >= 0.3 is 25.0 Å². The van der Waals surface area contributed by atoms with Gasteiger partial charge in [0, 0.05) is 5.84 Å². The number of hydrogen-bond donors (Lipinski definition) is 0. The van der Waals surface area contributed by atoms with Crippen LogP contribution in [0.5, 0.6) is 0 Å². The molecule has 0 N–H and O–H groups in total. The average molecular weight is 194 g/mol. The predicted octanol–water partition coefficient (Wildman–Crippen LogP) is -1.88. The van der Waals surface area contributed by atoms with E-state index >= 15 is 0 Å². The summed E-state index contributed by atoms with van der Waals surface area (Å²) in [6.07, 6.45) is -4.68. The first-order chi connectivity index (χ1) is 5.99. The molecule has 0 spiro atoms. The molecule has 0 fully saturated rings. The molecule has 14 heavy (non-hydrogen) atoms. The fraction of sp³-hybridized carbons (Fsp3) is 0.500. The van der Waals surface area contributed by atoms with Gasteiger partial charge in [0.25, 0.3) is 0 Å². The predicted molar refractivity (Wildman–Crippen MR) is 35.7 cm³/mol. The molecule has 68 valence electrons. The van der Waals surface area contributed by atoms with E-state index < -0.39 is 24.1 Å². The Labute approximate surface area is 89.6 Å². The summed E-state index contributed by atoms with van der Waals surface area (Å²) in [5, 5.41) is 19.6. The molecule has 1 aliphatic heterocycles. The van der Waals surface area contributed by atoms with Crippen molar-refractivity contribution in [3.8, 4) is 12.1 Å². The largest absolute Gasteiger partial charge is 1.00 e. The van der Waals surface area contributed by atoms with E-state index in [4.69, 9.17) is 10.5 Å². The third-order valence-electron chi connectivity index (χ3n) is 1.34. The zero-order valence-electron chi connectivity index (χ0n) is 7.08. The van der Waals surface area contributed by atoms with E-state index in [-0.39, 0.29) is 18.9 Å². The fourth-order valence-electron chi connectivity index (χ4n) is 0.783. The number of hydrogen-bond acceptors (Lipinski definition) is 3. The number of nitriles is 2. The van der Waals surface area contributed by atoms with Gasteiger partial charge in [-0.2, -0.15) is 23.7 Å². The van der Waals surface area contributed by atoms with Gasteiger partial charge in [-0.15, -0.1) is 0 Å². The molecule has 0 saturated heterocycles. The minimum Gasteiger partial charge on any atom is -0.445 e. The van der Waals surface area contributed by atoms with Crippen LogP contribution in [0.3, 0.4) is 0 Å². The zero-order chi connectivity index (χ0) is 10.1. The quantitative estimate of drug-likeness (QED) is 0.423. The van der Waals surface area contributed by atoms with Crippen molar-refractivity contribution >= 4 is 5.84 Å². The van der Waals surface area contributed by atoms with Crippen LogP contribution >= 0.6 is 0 Å². The number of halogens is 3. The molecule has 0 amide bonds. The molecule has 0 bridgehead atoms. The Bertz CT molecular complexity index is 323. The monoisotopic (exact) mass is 194 g/mol. The van der Waals surface area contributed by atoms with E-state index in [0.717, 1.165) is 0 Å². The number of amidine groups is 1. The molecule has 2 atom stereocenters. The van der Waals surface area contributed by atoms with Crippen LogP contribution in [-0.4, -0.2) is 24.1 Å². The van der Waals surface area contributed by atoms with Gasteiger partial charge in [0.05, 0.1) is 24.2 Å². The molecule has 0 aliphatic carbocycles. The van der Waals surface area contributed by atoms with Crippen LogP contribution in [0.25, 0.3) is 5.32 Å². The Morgan fingerprint density at radius 2 is 1.86 bits per heavy atom. The van der Waals surface area contributed by atoms with Gasteiger partial charge in [-0.3, -0.25) is 0 Å². The molecule has 0 radical (unpaired) electrons. The van der Waals surface area contributed by atoms with Gasteiger partial charge in [-0.25, -0.2) is 0 Å². The first-order valence-electron chi connectivity index (χ1n) is 3.14. The average Bonchev–Trinajstić information content (AvgIpc) is 2.45. The second-order valence-corrected chi connectivity index (χ2v) is 2.23. The Hall–Kier alpha value is -1.16. The van der Waals surface area contributed by atoms with Crippen molar-refractivity contribution in [1.29, 1.82) is 10.5 Å². The summed E-state index contributed by atoms with van der Waals surface area (Å²) in [5.74, 6) is -1.38. The van der Waals surface area contributed by atoms with Crippen LogP contribution in [0.4, 0.5) is 13.2 Å². The molecule has 1 heterocycles. The van der Waals surface area contributed by atoms with E-state index in [1.807, 2.05) is 0 Å². The normalized spacial score (nSPS) is 25.1. The van der Waals surface area contributed by atoms with Gasteiger partial charge in [0.2, 0.25) is 0 Å². The minimum absolute atomic E-state index is 0. The number of aliphatic imine (C=N–C) groups is 1. The van der Waals surface area contributed by atoms with Gasteiger partial charge < -0.3 is 10.3 Å². The Balaban J connectivity index is 0.00000169. The summed E-state index contributed by atoms with van der Waals surface area (Å²) in [5.41, 5.74) is 0. The smallest absolute Gasteiger partial charge is 0.445 e. The summed E-state index contributed by atoms with van der Waals surface area (Å²) >= 11 is 0. The molecule has 4 nitrogen and oxygen atoms in total. The summed E-state index contributed by atoms with van der Waals surface area (Å²) in [4.78, 5) is 2.97. The van der Waals surface area contributed by atoms with Gasteiger partial charge in [0.1, 0.15) is 0 Å². The van der Waals surface area contributed by atoms with Crippen LogP contribution in [0.1, 0.15) is 0 Å².